The summed E-state index contributed by atoms with van der Waals surface area (Å²) in [5.74, 6) is -0.227. The van der Waals surface area contributed by atoms with Crippen molar-refractivity contribution in [2.45, 2.75) is 65.2 Å². The molecule has 0 aliphatic heterocycles. The summed E-state index contributed by atoms with van der Waals surface area (Å²) in [6, 6.07) is 7.83. The molecule has 0 aromatic heterocycles. The van der Waals surface area contributed by atoms with Crippen molar-refractivity contribution in [2.24, 2.45) is 0 Å². The van der Waals surface area contributed by atoms with Crippen LogP contribution >= 0.6 is 0 Å². The van der Waals surface area contributed by atoms with Crippen molar-refractivity contribution < 1.29 is 9.53 Å². The summed E-state index contributed by atoms with van der Waals surface area (Å²) in [5.41, 5.74) is 1.96. The summed E-state index contributed by atoms with van der Waals surface area (Å²) >= 11 is 0. The van der Waals surface area contributed by atoms with Gasteiger partial charge < -0.3 is 4.74 Å². The zero-order valence-corrected chi connectivity index (χ0v) is 13.0. The van der Waals surface area contributed by atoms with E-state index in [-0.39, 0.29) is 5.97 Å². The largest absolute Gasteiger partial charge is 0.462 e. The molecule has 1 aromatic rings. The van der Waals surface area contributed by atoms with Gasteiger partial charge in [-0.05, 0) is 37.5 Å². The van der Waals surface area contributed by atoms with E-state index in [2.05, 4.69) is 6.92 Å². The van der Waals surface area contributed by atoms with Crippen LogP contribution in [0.15, 0.2) is 24.3 Å². The Morgan fingerprint density at radius 2 is 1.50 bits per heavy atom. The lowest BCUT2D eigenvalue weighted by molar-refractivity contribution is 0.0526. The lowest BCUT2D eigenvalue weighted by Crippen LogP contribution is -2.04. The highest BCUT2D eigenvalue weighted by Gasteiger charge is 2.05. The first-order chi connectivity index (χ1) is 9.77. The molecule has 0 aliphatic rings. The van der Waals surface area contributed by atoms with Crippen LogP contribution in [0.2, 0.25) is 0 Å². The number of carbonyl (C=O) groups excluding carboxylic acids is 1. The average molecular weight is 276 g/mol. The first-order valence-corrected chi connectivity index (χ1v) is 8.04. The van der Waals surface area contributed by atoms with Crippen molar-refractivity contribution in [2.75, 3.05) is 6.61 Å². The summed E-state index contributed by atoms with van der Waals surface area (Å²) in [5, 5.41) is 0. The minimum atomic E-state index is -0.227. The number of hydrogen-bond acceptors (Lipinski definition) is 2. The van der Waals surface area contributed by atoms with Gasteiger partial charge in [0.25, 0.3) is 0 Å². The Morgan fingerprint density at radius 3 is 2.10 bits per heavy atom. The molecule has 2 nitrogen and oxygen atoms in total. The number of aryl methyl sites for hydroxylation is 1. The monoisotopic (exact) mass is 276 g/mol. The molecule has 0 heterocycles. The van der Waals surface area contributed by atoms with Crippen molar-refractivity contribution in [1.82, 2.24) is 0 Å². The number of esters is 1. The standard InChI is InChI=1S/C18H28O2/c1-3-5-6-7-8-9-10-11-16-12-14-17(15-13-16)18(19)20-4-2/h12-15H,3-11H2,1-2H3. The molecule has 112 valence electrons. The van der Waals surface area contributed by atoms with Crippen LogP contribution in [0.25, 0.3) is 0 Å². The SMILES string of the molecule is CCCCCCCCCc1ccc(C(=O)OCC)cc1. The van der Waals surface area contributed by atoms with Crippen LogP contribution in [0.4, 0.5) is 0 Å². The topological polar surface area (TPSA) is 26.3 Å². The molecule has 0 radical (unpaired) electrons. The molecular weight excluding hydrogens is 248 g/mol. The second-order valence-corrected chi connectivity index (χ2v) is 5.29. The molecule has 0 unspecified atom stereocenters. The summed E-state index contributed by atoms with van der Waals surface area (Å²) in [4.78, 5) is 11.5. The molecule has 0 aliphatic carbocycles. The first-order valence-electron chi connectivity index (χ1n) is 8.04. The average Bonchev–Trinajstić information content (AvgIpc) is 2.47. The first kappa shape index (κ1) is 16.7. The van der Waals surface area contributed by atoms with E-state index in [4.69, 9.17) is 4.74 Å². The summed E-state index contributed by atoms with van der Waals surface area (Å²) in [6.07, 6.45) is 10.4. The maximum atomic E-state index is 11.5. The van der Waals surface area contributed by atoms with Crippen molar-refractivity contribution in [3.63, 3.8) is 0 Å². The van der Waals surface area contributed by atoms with Crippen molar-refractivity contribution in [3.05, 3.63) is 35.4 Å². The quantitative estimate of drug-likeness (QED) is 0.436. The highest BCUT2D eigenvalue weighted by Crippen LogP contribution is 2.12. The van der Waals surface area contributed by atoms with E-state index >= 15 is 0 Å². The summed E-state index contributed by atoms with van der Waals surface area (Å²) in [7, 11) is 0. The maximum absolute atomic E-state index is 11.5. The van der Waals surface area contributed by atoms with Crippen LogP contribution in [-0.4, -0.2) is 12.6 Å². The second kappa shape index (κ2) is 10.5. The lowest BCUT2D eigenvalue weighted by atomic mass is 10.0. The van der Waals surface area contributed by atoms with Gasteiger partial charge in [0.05, 0.1) is 12.2 Å². The van der Waals surface area contributed by atoms with Crippen molar-refractivity contribution >= 4 is 5.97 Å². The number of rotatable bonds is 10. The smallest absolute Gasteiger partial charge is 0.338 e. The Hall–Kier alpha value is -1.31. The van der Waals surface area contributed by atoms with Gasteiger partial charge in [0.15, 0.2) is 0 Å². The Morgan fingerprint density at radius 1 is 0.900 bits per heavy atom. The molecule has 0 bridgehead atoms. The molecule has 0 fully saturated rings. The minimum Gasteiger partial charge on any atom is -0.462 e. The molecule has 1 aromatic carbocycles. The van der Waals surface area contributed by atoms with Crippen LogP contribution in [0, 0.1) is 0 Å². The third-order valence-electron chi connectivity index (χ3n) is 3.53. The fourth-order valence-corrected chi connectivity index (χ4v) is 2.31. The van der Waals surface area contributed by atoms with Gasteiger partial charge in [-0.15, -0.1) is 0 Å². The fraction of sp³-hybridized carbons (Fsp3) is 0.611. The van der Waals surface area contributed by atoms with Gasteiger partial charge >= 0.3 is 5.97 Å². The predicted octanol–water partition coefficient (Wildman–Crippen LogP) is 5.16. The number of unbranched alkanes of at least 4 members (excludes halogenated alkanes) is 6. The third kappa shape index (κ3) is 6.74. The molecule has 0 saturated heterocycles. The summed E-state index contributed by atoms with van der Waals surface area (Å²) < 4.78 is 4.97. The van der Waals surface area contributed by atoms with E-state index in [0.29, 0.717) is 12.2 Å². The zero-order chi connectivity index (χ0) is 14.6. The molecule has 0 saturated carbocycles. The molecule has 0 amide bonds. The number of carbonyl (C=O) groups is 1. The van der Waals surface area contributed by atoms with Crippen LogP contribution < -0.4 is 0 Å². The van der Waals surface area contributed by atoms with E-state index in [1.807, 2.05) is 31.2 Å². The molecule has 0 spiro atoms. The Kier molecular flexibility index (Phi) is 8.77. The highest BCUT2D eigenvalue weighted by atomic mass is 16.5. The maximum Gasteiger partial charge on any atom is 0.338 e. The molecule has 20 heavy (non-hydrogen) atoms. The van der Waals surface area contributed by atoms with Crippen LogP contribution in [0.5, 0.6) is 0 Å². The van der Waals surface area contributed by atoms with E-state index in [9.17, 15) is 4.79 Å². The minimum absolute atomic E-state index is 0.227. The van der Waals surface area contributed by atoms with E-state index < -0.39 is 0 Å². The van der Waals surface area contributed by atoms with E-state index in [1.54, 1.807) is 0 Å². The number of hydrogen-bond donors (Lipinski definition) is 0. The molecule has 1 rings (SSSR count). The Balaban J connectivity index is 2.20. The van der Waals surface area contributed by atoms with Gasteiger partial charge in [0.1, 0.15) is 0 Å². The van der Waals surface area contributed by atoms with Gasteiger partial charge in [0, 0.05) is 0 Å². The molecule has 2 heteroatoms. The summed E-state index contributed by atoms with van der Waals surface area (Å²) in [6.45, 7) is 4.51. The molecule has 0 atom stereocenters. The molecular formula is C18H28O2. The normalized spacial score (nSPS) is 10.5. The van der Waals surface area contributed by atoms with Gasteiger partial charge in [-0.3, -0.25) is 0 Å². The van der Waals surface area contributed by atoms with Crippen molar-refractivity contribution in [3.8, 4) is 0 Å². The Bertz CT molecular complexity index is 368. The van der Waals surface area contributed by atoms with E-state index in [0.717, 1.165) is 6.42 Å². The van der Waals surface area contributed by atoms with Gasteiger partial charge in [-0.2, -0.15) is 0 Å². The van der Waals surface area contributed by atoms with E-state index in [1.165, 1.54) is 50.5 Å². The second-order valence-electron chi connectivity index (χ2n) is 5.29. The Labute approximate surface area is 123 Å². The fourth-order valence-electron chi connectivity index (χ4n) is 2.31. The van der Waals surface area contributed by atoms with Crippen LogP contribution in [0.1, 0.15) is 74.7 Å². The van der Waals surface area contributed by atoms with Crippen LogP contribution in [0.3, 0.4) is 0 Å². The van der Waals surface area contributed by atoms with Gasteiger partial charge in [0.2, 0.25) is 0 Å². The van der Waals surface area contributed by atoms with Gasteiger partial charge in [-0.25, -0.2) is 4.79 Å². The third-order valence-corrected chi connectivity index (χ3v) is 3.53. The van der Waals surface area contributed by atoms with Crippen LogP contribution in [-0.2, 0) is 11.2 Å². The molecule has 0 N–H and O–H groups in total. The van der Waals surface area contributed by atoms with Crippen molar-refractivity contribution in [1.29, 1.82) is 0 Å². The predicted molar refractivity (Wildman–Crippen MR) is 84.1 cm³/mol. The number of benzene rings is 1. The highest BCUT2D eigenvalue weighted by molar-refractivity contribution is 5.89. The number of ether oxygens (including phenoxy) is 1. The van der Waals surface area contributed by atoms with Gasteiger partial charge in [-0.1, -0.05) is 57.6 Å². The zero-order valence-electron chi connectivity index (χ0n) is 13.0. The lowest BCUT2D eigenvalue weighted by Gasteiger charge is -2.04.